The van der Waals surface area contributed by atoms with E-state index in [2.05, 4.69) is 34.8 Å². The summed E-state index contributed by atoms with van der Waals surface area (Å²) < 4.78 is 1.17. The summed E-state index contributed by atoms with van der Waals surface area (Å²) >= 11 is 3.81. The van der Waals surface area contributed by atoms with Gasteiger partial charge >= 0.3 is 0 Å². The summed E-state index contributed by atoms with van der Waals surface area (Å²) in [6, 6.07) is 5.93. The summed E-state index contributed by atoms with van der Waals surface area (Å²) in [4.78, 5) is 11.6. The van der Waals surface area contributed by atoms with Crippen molar-refractivity contribution in [2.45, 2.75) is 19.1 Å². The summed E-state index contributed by atoms with van der Waals surface area (Å²) in [7, 11) is 0. The van der Waals surface area contributed by atoms with Crippen molar-refractivity contribution in [3.8, 4) is 0 Å². The second-order valence-corrected chi connectivity index (χ2v) is 5.67. The van der Waals surface area contributed by atoms with E-state index in [9.17, 15) is 4.79 Å². The van der Waals surface area contributed by atoms with Gasteiger partial charge in [-0.05, 0) is 60.4 Å². The molecule has 0 aliphatic heterocycles. The summed E-state index contributed by atoms with van der Waals surface area (Å²) in [6.45, 7) is 3.96. The Morgan fingerprint density at radius 1 is 1.53 bits per heavy atom. The van der Waals surface area contributed by atoms with Crippen LogP contribution in [-0.2, 0) is 4.79 Å². The lowest BCUT2D eigenvalue weighted by molar-refractivity contribution is -0.115. The van der Waals surface area contributed by atoms with Gasteiger partial charge in [-0.15, -0.1) is 0 Å². The van der Waals surface area contributed by atoms with Crippen LogP contribution in [0.15, 0.2) is 18.2 Å². The minimum atomic E-state index is -0.0102. The minimum absolute atomic E-state index is 0.0102. The molecule has 0 spiro atoms. The van der Waals surface area contributed by atoms with E-state index in [0.29, 0.717) is 0 Å². The van der Waals surface area contributed by atoms with Crippen molar-refractivity contribution in [3.05, 3.63) is 27.3 Å². The molecule has 1 amide bonds. The van der Waals surface area contributed by atoms with Crippen LogP contribution in [0.4, 0.5) is 5.69 Å². The average Bonchev–Trinajstić information content (AvgIpc) is 2.22. The van der Waals surface area contributed by atoms with E-state index in [1.54, 1.807) is 11.8 Å². The summed E-state index contributed by atoms with van der Waals surface area (Å²) in [6.07, 6.45) is 1.93. The maximum Gasteiger partial charge on any atom is 0.237 e. The average molecular weight is 335 g/mol. The molecule has 0 saturated heterocycles. The van der Waals surface area contributed by atoms with E-state index in [1.165, 1.54) is 9.13 Å². The molecule has 1 rings (SSSR count). The summed E-state index contributed by atoms with van der Waals surface area (Å²) in [5.41, 5.74) is 2.10. The lowest BCUT2D eigenvalue weighted by atomic mass is 10.2. The third kappa shape index (κ3) is 3.68. The molecule has 1 N–H and O–H groups in total. The fourth-order valence-corrected chi connectivity index (χ4v) is 1.81. The Kier molecular flexibility index (Phi) is 4.92. The van der Waals surface area contributed by atoms with E-state index in [-0.39, 0.29) is 11.2 Å². The molecule has 0 saturated carbocycles. The van der Waals surface area contributed by atoms with Crippen molar-refractivity contribution in [3.63, 3.8) is 0 Å². The number of aryl methyl sites for hydroxylation is 1. The molecule has 0 bridgehead atoms. The molecule has 1 aromatic rings. The Balaban J connectivity index is 2.73. The molecule has 15 heavy (non-hydrogen) atoms. The monoisotopic (exact) mass is 335 g/mol. The normalized spacial score (nSPS) is 12.3. The van der Waals surface area contributed by atoms with Crippen LogP contribution in [0.3, 0.4) is 0 Å². The Morgan fingerprint density at radius 3 is 2.73 bits per heavy atom. The summed E-state index contributed by atoms with van der Waals surface area (Å²) in [5, 5.41) is 2.89. The first-order valence-electron chi connectivity index (χ1n) is 4.64. The van der Waals surface area contributed by atoms with E-state index in [4.69, 9.17) is 0 Å². The van der Waals surface area contributed by atoms with Crippen LogP contribution in [0, 0.1) is 10.5 Å². The molecule has 1 atom stereocenters. The van der Waals surface area contributed by atoms with Gasteiger partial charge in [0.1, 0.15) is 0 Å². The molecule has 0 aromatic heterocycles. The number of hydrogen-bond acceptors (Lipinski definition) is 2. The zero-order valence-electron chi connectivity index (χ0n) is 9.00. The molecule has 0 aliphatic rings. The van der Waals surface area contributed by atoms with E-state index in [1.807, 2.05) is 31.4 Å². The van der Waals surface area contributed by atoms with Crippen LogP contribution in [0.25, 0.3) is 0 Å². The van der Waals surface area contributed by atoms with Crippen molar-refractivity contribution in [2.75, 3.05) is 11.6 Å². The second-order valence-electron chi connectivity index (χ2n) is 3.33. The number of thioether (sulfide) groups is 1. The fraction of sp³-hybridized carbons (Fsp3) is 0.364. The number of carbonyl (C=O) groups is 1. The quantitative estimate of drug-likeness (QED) is 0.859. The van der Waals surface area contributed by atoms with Gasteiger partial charge in [-0.3, -0.25) is 4.79 Å². The molecule has 82 valence electrons. The van der Waals surface area contributed by atoms with Gasteiger partial charge in [0.15, 0.2) is 0 Å². The molecule has 1 aromatic carbocycles. The highest BCUT2D eigenvalue weighted by molar-refractivity contribution is 14.1. The molecular formula is C11H14INOS. The van der Waals surface area contributed by atoms with E-state index >= 15 is 0 Å². The minimum Gasteiger partial charge on any atom is -0.325 e. The third-order valence-electron chi connectivity index (χ3n) is 2.16. The predicted octanol–water partition coefficient (Wildman–Crippen LogP) is 3.29. The smallest absolute Gasteiger partial charge is 0.237 e. The molecule has 0 aliphatic carbocycles. The van der Waals surface area contributed by atoms with Gasteiger partial charge < -0.3 is 5.32 Å². The van der Waals surface area contributed by atoms with Gasteiger partial charge in [-0.25, -0.2) is 0 Å². The number of nitrogens with one attached hydrogen (secondary N) is 1. The number of benzene rings is 1. The SMILES string of the molecule is CS[C@@H](C)C(=O)Nc1ccc(C)c(I)c1. The lowest BCUT2D eigenvalue weighted by Gasteiger charge is -2.10. The van der Waals surface area contributed by atoms with Gasteiger partial charge in [0.25, 0.3) is 0 Å². The molecule has 0 fully saturated rings. The standard InChI is InChI=1S/C11H14INOS/c1-7-4-5-9(6-10(7)12)13-11(14)8(2)15-3/h4-6,8H,1-3H3,(H,13,14)/t8-/m0/s1. The van der Waals surface area contributed by atoms with E-state index in [0.717, 1.165) is 5.69 Å². The number of carbonyl (C=O) groups excluding carboxylic acids is 1. The van der Waals surface area contributed by atoms with Crippen LogP contribution < -0.4 is 5.32 Å². The molecule has 0 unspecified atom stereocenters. The third-order valence-corrected chi connectivity index (χ3v) is 4.25. The number of amides is 1. The molecular weight excluding hydrogens is 321 g/mol. The maximum atomic E-state index is 11.6. The van der Waals surface area contributed by atoms with Crippen molar-refractivity contribution >= 4 is 45.9 Å². The zero-order chi connectivity index (χ0) is 11.4. The first kappa shape index (κ1) is 12.8. The molecule has 0 radical (unpaired) electrons. The highest BCUT2D eigenvalue weighted by atomic mass is 127. The molecule has 2 nitrogen and oxygen atoms in total. The Bertz CT molecular complexity index is 368. The van der Waals surface area contributed by atoms with Crippen LogP contribution in [0.1, 0.15) is 12.5 Å². The van der Waals surface area contributed by atoms with Gasteiger partial charge in [0, 0.05) is 9.26 Å². The first-order chi connectivity index (χ1) is 7.04. The van der Waals surface area contributed by atoms with Gasteiger partial charge in [0.05, 0.1) is 5.25 Å². The van der Waals surface area contributed by atoms with E-state index < -0.39 is 0 Å². The number of rotatable bonds is 3. The van der Waals surface area contributed by atoms with Gasteiger partial charge in [-0.1, -0.05) is 6.07 Å². The number of anilines is 1. The van der Waals surface area contributed by atoms with Crippen LogP contribution in [0.5, 0.6) is 0 Å². The fourth-order valence-electron chi connectivity index (χ4n) is 1.02. The topological polar surface area (TPSA) is 29.1 Å². The van der Waals surface area contributed by atoms with Crippen LogP contribution in [-0.4, -0.2) is 17.4 Å². The predicted molar refractivity (Wildman–Crippen MR) is 75.5 cm³/mol. The van der Waals surface area contributed by atoms with Crippen molar-refractivity contribution in [1.29, 1.82) is 0 Å². The summed E-state index contributed by atoms with van der Waals surface area (Å²) in [5.74, 6) is 0.0575. The van der Waals surface area contributed by atoms with Crippen LogP contribution in [0.2, 0.25) is 0 Å². The lowest BCUT2D eigenvalue weighted by Crippen LogP contribution is -2.22. The van der Waals surface area contributed by atoms with Crippen molar-refractivity contribution < 1.29 is 4.79 Å². The number of halogens is 1. The highest BCUT2D eigenvalue weighted by Gasteiger charge is 2.11. The zero-order valence-corrected chi connectivity index (χ0v) is 12.0. The molecule has 4 heteroatoms. The second kappa shape index (κ2) is 5.75. The van der Waals surface area contributed by atoms with Crippen molar-refractivity contribution in [1.82, 2.24) is 0 Å². The highest BCUT2D eigenvalue weighted by Crippen LogP contribution is 2.18. The Hall–Kier alpha value is -0.230. The first-order valence-corrected chi connectivity index (χ1v) is 7.01. The van der Waals surface area contributed by atoms with Gasteiger partial charge in [-0.2, -0.15) is 11.8 Å². The van der Waals surface area contributed by atoms with Crippen molar-refractivity contribution in [2.24, 2.45) is 0 Å². The van der Waals surface area contributed by atoms with Gasteiger partial charge in [0.2, 0.25) is 5.91 Å². The Morgan fingerprint density at radius 2 is 2.20 bits per heavy atom. The molecule has 0 heterocycles. The number of hydrogen-bond donors (Lipinski definition) is 1. The largest absolute Gasteiger partial charge is 0.325 e. The maximum absolute atomic E-state index is 11.6. The van der Waals surface area contributed by atoms with Crippen LogP contribution >= 0.6 is 34.4 Å². The Labute approximate surface area is 108 Å².